The van der Waals surface area contributed by atoms with E-state index in [9.17, 15) is 9.59 Å². The molecule has 1 aliphatic heterocycles. The molecule has 5 aliphatic rings. The van der Waals surface area contributed by atoms with Crippen LogP contribution in [-0.4, -0.2) is 62.1 Å². The van der Waals surface area contributed by atoms with Crippen molar-refractivity contribution in [3.63, 3.8) is 0 Å². The average Bonchev–Trinajstić information content (AvgIpc) is 3.19. The summed E-state index contributed by atoms with van der Waals surface area (Å²) >= 11 is 4.06. The molecule has 2 amide bonds. The molecule has 7 heteroatoms. The lowest BCUT2D eigenvalue weighted by Crippen LogP contribution is -2.55. The number of amides is 2. The summed E-state index contributed by atoms with van der Waals surface area (Å²) in [5.41, 5.74) is 2.62. The van der Waals surface area contributed by atoms with Crippen LogP contribution < -0.4 is 0 Å². The topological polar surface area (TPSA) is 69.3 Å². The molecule has 2 unspecified atom stereocenters. The van der Waals surface area contributed by atoms with Crippen LogP contribution in [0.15, 0.2) is 24.5 Å². The molecule has 6 nitrogen and oxygen atoms in total. The van der Waals surface area contributed by atoms with E-state index in [4.69, 9.17) is 0 Å². The molecule has 0 radical (unpaired) electrons. The van der Waals surface area contributed by atoms with Gasteiger partial charge in [0.05, 0.1) is 17.4 Å². The van der Waals surface area contributed by atoms with E-state index in [0.717, 1.165) is 29.3 Å². The Hall–Kier alpha value is -1.89. The molecule has 4 aliphatic carbocycles. The molecule has 5 fully saturated rings. The molecule has 164 valence electrons. The minimum absolute atomic E-state index is 0.0333. The summed E-state index contributed by atoms with van der Waals surface area (Å²) in [6, 6.07) is 5.58. The van der Waals surface area contributed by atoms with Crippen LogP contribution in [-0.2, 0) is 4.79 Å². The number of benzene rings is 1. The van der Waals surface area contributed by atoms with Crippen molar-refractivity contribution in [1.29, 1.82) is 0 Å². The number of hydrogen-bond acceptors (Lipinski definition) is 3. The number of halogens is 1. The fourth-order valence-electron chi connectivity index (χ4n) is 7.39. The molecule has 31 heavy (non-hydrogen) atoms. The fourth-order valence-corrected chi connectivity index (χ4v) is 8.90. The van der Waals surface area contributed by atoms with E-state index in [0.29, 0.717) is 44.1 Å². The van der Waals surface area contributed by atoms with Gasteiger partial charge in [-0.3, -0.25) is 9.59 Å². The zero-order chi connectivity index (χ0) is 21.2. The van der Waals surface area contributed by atoms with Gasteiger partial charge >= 0.3 is 0 Å². The minimum atomic E-state index is 0.0333. The maximum Gasteiger partial charge on any atom is 0.254 e. The molecular weight excluding hydrogens is 456 g/mol. The van der Waals surface area contributed by atoms with E-state index in [2.05, 4.69) is 25.9 Å². The summed E-state index contributed by atoms with van der Waals surface area (Å²) in [4.78, 5) is 37.4. The number of aromatic nitrogens is 2. The van der Waals surface area contributed by atoms with Crippen molar-refractivity contribution in [3.05, 3.63) is 30.1 Å². The Morgan fingerprint density at radius 3 is 2.48 bits per heavy atom. The standard InChI is InChI=1S/C24H29BrN4O2/c25-24-11-16-7-17(12-24)10-23(9-16,14-24)13-21(30)28-3-5-29(6-4-28)22(31)18-1-2-19-20(8-18)27-15-26-19/h1-2,8,15-17H,3-7,9-14H2,(H,26,27). The Labute approximate surface area is 190 Å². The molecule has 7 rings (SSSR count). The maximum atomic E-state index is 13.2. The summed E-state index contributed by atoms with van der Waals surface area (Å²) in [6.45, 7) is 2.48. The highest BCUT2D eigenvalue weighted by Gasteiger charge is 2.57. The molecule has 1 N–H and O–H groups in total. The molecule has 0 spiro atoms. The molecular formula is C24H29BrN4O2. The van der Waals surface area contributed by atoms with Gasteiger partial charge in [-0.1, -0.05) is 15.9 Å². The van der Waals surface area contributed by atoms with Gasteiger partial charge in [-0.2, -0.15) is 0 Å². The molecule has 2 atom stereocenters. The number of carbonyl (C=O) groups excluding carboxylic acids is 2. The highest BCUT2D eigenvalue weighted by Crippen LogP contribution is 2.65. The highest BCUT2D eigenvalue weighted by molar-refractivity contribution is 9.10. The predicted molar refractivity (Wildman–Crippen MR) is 122 cm³/mol. The van der Waals surface area contributed by atoms with E-state index in [1.807, 2.05) is 28.0 Å². The van der Waals surface area contributed by atoms with Gasteiger partial charge in [-0.05, 0) is 74.0 Å². The lowest BCUT2D eigenvalue weighted by Gasteiger charge is -2.60. The first kappa shape index (κ1) is 19.8. The molecule has 2 heterocycles. The maximum absolute atomic E-state index is 13.2. The van der Waals surface area contributed by atoms with Crippen LogP contribution >= 0.6 is 15.9 Å². The number of H-pyrrole nitrogens is 1. The summed E-state index contributed by atoms with van der Waals surface area (Å²) in [7, 11) is 0. The number of fused-ring (bicyclic) bond motifs is 1. The second-order valence-corrected chi connectivity index (χ2v) is 12.3. The quantitative estimate of drug-likeness (QED) is 0.669. The Morgan fingerprint density at radius 1 is 1.06 bits per heavy atom. The first-order valence-corrected chi connectivity index (χ1v) is 12.4. The van der Waals surface area contributed by atoms with Crippen LogP contribution in [0.1, 0.15) is 55.3 Å². The van der Waals surface area contributed by atoms with E-state index in [1.165, 1.54) is 32.1 Å². The third-order valence-corrected chi connectivity index (χ3v) is 9.15. The average molecular weight is 485 g/mol. The summed E-state index contributed by atoms with van der Waals surface area (Å²) in [5.74, 6) is 1.93. The van der Waals surface area contributed by atoms with Gasteiger partial charge in [-0.25, -0.2) is 4.98 Å². The van der Waals surface area contributed by atoms with Gasteiger partial charge < -0.3 is 14.8 Å². The van der Waals surface area contributed by atoms with Crippen molar-refractivity contribution in [2.45, 2.75) is 49.3 Å². The largest absolute Gasteiger partial charge is 0.345 e. The Bertz CT molecular complexity index is 1030. The van der Waals surface area contributed by atoms with Gasteiger partial charge in [0.1, 0.15) is 0 Å². The van der Waals surface area contributed by atoms with E-state index < -0.39 is 0 Å². The lowest BCUT2D eigenvalue weighted by atomic mass is 9.48. The number of imidazole rings is 1. The predicted octanol–water partition coefficient (Wildman–Crippen LogP) is 3.97. The SMILES string of the molecule is O=C(CC12CC3CC(CC(Br)(C3)C1)C2)N1CCN(C(=O)c2ccc3nc[nH]c3c2)CC1. The first-order chi connectivity index (χ1) is 14.9. The van der Waals surface area contributed by atoms with Crippen LogP contribution in [0.25, 0.3) is 11.0 Å². The Kier molecular flexibility index (Phi) is 4.50. The summed E-state index contributed by atoms with van der Waals surface area (Å²) in [6.07, 6.45) is 9.92. The van der Waals surface area contributed by atoms with Gasteiger partial charge in [-0.15, -0.1) is 0 Å². The van der Waals surface area contributed by atoms with Crippen molar-refractivity contribution in [2.24, 2.45) is 17.3 Å². The monoisotopic (exact) mass is 484 g/mol. The summed E-state index contributed by atoms with van der Waals surface area (Å²) < 4.78 is 0.290. The Balaban J connectivity index is 1.08. The number of nitrogens with zero attached hydrogens (tertiary/aromatic N) is 3. The number of alkyl halides is 1. The number of hydrogen-bond donors (Lipinski definition) is 1. The molecule has 2 aromatic rings. The van der Waals surface area contributed by atoms with Crippen molar-refractivity contribution < 1.29 is 9.59 Å². The first-order valence-electron chi connectivity index (χ1n) is 11.6. The zero-order valence-electron chi connectivity index (χ0n) is 17.8. The summed E-state index contributed by atoms with van der Waals surface area (Å²) in [5, 5.41) is 0. The van der Waals surface area contributed by atoms with E-state index in [1.54, 1.807) is 6.33 Å². The lowest BCUT2D eigenvalue weighted by molar-refractivity contribution is -0.139. The van der Waals surface area contributed by atoms with E-state index >= 15 is 0 Å². The molecule has 4 bridgehead atoms. The molecule has 1 aromatic carbocycles. The number of piperazine rings is 1. The van der Waals surface area contributed by atoms with Crippen molar-refractivity contribution in [2.75, 3.05) is 26.2 Å². The van der Waals surface area contributed by atoms with Crippen LogP contribution in [0.4, 0.5) is 0 Å². The fraction of sp³-hybridized carbons (Fsp3) is 0.625. The van der Waals surface area contributed by atoms with Crippen LogP contribution in [0.3, 0.4) is 0 Å². The highest BCUT2D eigenvalue weighted by atomic mass is 79.9. The van der Waals surface area contributed by atoms with Crippen LogP contribution in [0, 0.1) is 17.3 Å². The molecule has 1 saturated heterocycles. The number of nitrogens with one attached hydrogen (secondary N) is 1. The number of aromatic amines is 1. The smallest absolute Gasteiger partial charge is 0.254 e. The van der Waals surface area contributed by atoms with Crippen LogP contribution in [0.2, 0.25) is 0 Å². The van der Waals surface area contributed by atoms with Crippen molar-refractivity contribution in [3.8, 4) is 0 Å². The number of carbonyl (C=O) groups is 2. The number of rotatable bonds is 3. The van der Waals surface area contributed by atoms with Crippen molar-refractivity contribution in [1.82, 2.24) is 19.8 Å². The van der Waals surface area contributed by atoms with E-state index in [-0.39, 0.29) is 15.6 Å². The normalized spacial score (nSPS) is 34.5. The minimum Gasteiger partial charge on any atom is -0.345 e. The third-order valence-electron chi connectivity index (χ3n) is 8.22. The zero-order valence-corrected chi connectivity index (χ0v) is 19.4. The van der Waals surface area contributed by atoms with Gasteiger partial charge in [0.2, 0.25) is 5.91 Å². The third kappa shape index (κ3) is 3.49. The second-order valence-electron chi connectivity index (χ2n) is 10.6. The van der Waals surface area contributed by atoms with Gasteiger partial charge in [0.25, 0.3) is 5.91 Å². The Morgan fingerprint density at radius 2 is 1.77 bits per heavy atom. The molecule has 4 saturated carbocycles. The second kappa shape index (κ2) is 7.06. The molecule has 1 aromatic heterocycles. The van der Waals surface area contributed by atoms with Crippen molar-refractivity contribution >= 4 is 38.8 Å². The van der Waals surface area contributed by atoms with Gasteiger partial charge in [0.15, 0.2) is 0 Å². The van der Waals surface area contributed by atoms with Gasteiger partial charge in [0, 0.05) is 42.5 Å². The van der Waals surface area contributed by atoms with Crippen LogP contribution in [0.5, 0.6) is 0 Å².